The van der Waals surface area contributed by atoms with Gasteiger partial charge in [0.2, 0.25) is 10.0 Å². The van der Waals surface area contributed by atoms with Crippen molar-refractivity contribution >= 4 is 43.5 Å². The number of nitrogens with zero attached hydrogens (tertiary/aromatic N) is 1. The van der Waals surface area contributed by atoms with Gasteiger partial charge in [-0.15, -0.1) is 0 Å². The molecule has 0 aliphatic carbocycles. The number of aromatic carboxylic acids is 1. The molecule has 2 aromatic rings. The first-order valence-electron chi connectivity index (χ1n) is 8.15. The summed E-state index contributed by atoms with van der Waals surface area (Å²) in [6.45, 7) is 4.09. The van der Waals surface area contributed by atoms with Crippen LogP contribution in [0.4, 0.5) is 5.69 Å². The molecule has 0 atom stereocenters. The quantitative estimate of drug-likeness (QED) is 0.666. The van der Waals surface area contributed by atoms with Crippen LogP contribution < -0.4 is 5.32 Å². The van der Waals surface area contributed by atoms with Crippen molar-refractivity contribution in [1.82, 2.24) is 4.31 Å². The largest absolute Gasteiger partial charge is 0.478 e. The number of carboxylic acids is 1. The third-order valence-corrected chi connectivity index (χ3v) is 6.93. The fourth-order valence-electron chi connectivity index (χ4n) is 2.48. The van der Waals surface area contributed by atoms with Gasteiger partial charge in [-0.3, -0.25) is 4.79 Å². The second kappa shape index (κ2) is 8.64. The van der Waals surface area contributed by atoms with Crippen LogP contribution in [0.15, 0.2) is 51.8 Å². The van der Waals surface area contributed by atoms with E-state index in [1.54, 1.807) is 19.9 Å². The fourth-order valence-corrected chi connectivity index (χ4v) is 4.89. The predicted octanol–water partition coefficient (Wildman–Crippen LogP) is 3.43. The molecule has 2 aromatic carbocycles. The minimum atomic E-state index is -3.75. The molecule has 9 heteroatoms. The first-order chi connectivity index (χ1) is 12.7. The Bertz CT molecular complexity index is 971. The van der Waals surface area contributed by atoms with E-state index in [1.807, 2.05) is 0 Å². The molecule has 0 spiro atoms. The molecule has 1 amide bonds. The van der Waals surface area contributed by atoms with Crippen LogP contribution >= 0.6 is 15.9 Å². The Balaban J connectivity index is 2.36. The van der Waals surface area contributed by atoms with Crippen LogP contribution in [0.2, 0.25) is 0 Å². The molecule has 0 unspecified atom stereocenters. The van der Waals surface area contributed by atoms with Crippen LogP contribution in [0, 0.1) is 0 Å². The Morgan fingerprint density at radius 3 is 2.33 bits per heavy atom. The number of carbonyl (C=O) groups is 2. The van der Waals surface area contributed by atoms with Crippen molar-refractivity contribution in [2.75, 3.05) is 18.4 Å². The molecule has 0 saturated carbocycles. The molecule has 0 aliphatic rings. The number of hydrogen-bond acceptors (Lipinski definition) is 4. The first-order valence-corrected chi connectivity index (χ1v) is 10.4. The third-order valence-electron chi connectivity index (χ3n) is 3.88. The van der Waals surface area contributed by atoms with Gasteiger partial charge >= 0.3 is 5.97 Å². The Kier molecular flexibility index (Phi) is 6.74. The predicted molar refractivity (Wildman–Crippen MR) is 106 cm³/mol. The summed E-state index contributed by atoms with van der Waals surface area (Å²) in [5, 5.41) is 11.6. The van der Waals surface area contributed by atoms with Gasteiger partial charge in [-0.2, -0.15) is 4.31 Å². The highest BCUT2D eigenvalue weighted by Gasteiger charge is 2.25. The van der Waals surface area contributed by atoms with Gasteiger partial charge in [0.25, 0.3) is 5.91 Å². The van der Waals surface area contributed by atoms with Crippen LogP contribution in [0.5, 0.6) is 0 Å². The number of nitrogens with one attached hydrogen (secondary N) is 1. The Hall–Kier alpha value is -2.23. The number of halogens is 1. The number of sulfonamides is 1. The third kappa shape index (κ3) is 4.74. The van der Waals surface area contributed by atoms with Crippen LogP contribution in [0.25, 0.3) is 0 Å². The molecule has 0 aliphatic heterocycles. The van der Waals surface area contributed by atoms with Gasteiger partial charge in [0.1, 0.15) is 0 Å². The summed E-state index contributed by atoms with van der Waals surface area (Å²) >= 11 is 3.23. The summed E-state index contributed by atoms with van der Waals surface area (Å²) in [6.07, 6.45) is 0. The van der Waals surface area contributed by atoms with E-state index in [4.69, 9.17) is 5.11 Å². The maximum atomic E-state index is 12.8. The second-order valence-electron chi connectivity index (χ2n) is 5.57. The van der Waals surface area contributed by atoms with Gasteiger partial charge in [0.15, 0.2) is 0 Å². The summed E-state index contributed by atoms with van der Waals surface area (Å²) in [4.78, 5) is 23.5. The molecule has 0 radical (unpaired) electrons. The first kappa shape index (κ1) is 21.1. The average Bonchev–Trinajstić information content (AvgIpc) is 2.62. The molecule has 2 rings (SSSR count). The smallest absolute Gasteiger partial charge is 0.335 e. The Morgan fingerprint density at radius 2 is 1.74 bits per heavy atom. The summed E-state index contributed by atoms with van der Waals surface area (Å²) in [6, 6.07) is 10.1. The zero-order valence-electron chi connectivity index (χ0n) is 14.8. The molecule has 0 fully saturated rings. The standard InChI is InChI=1S/C18H19BrN2O5S/c1-3-21(4-2)27(25,26)16-11-12(8-9-15(16)19)17(22)20-14-7-5-6-13(10-14)18(23)24/h5-11H,3-4H2,1-2H3,(H,20,22)(H,23,24). The van der Waals surface area contributed by atoms with E-state index in [-0.39, 0.29) is 16.0 Å². The Labute approximate surface area is 166 Å². The lowest BCUT2D eigenvalue weighted by Crippen LogP contribution is -2.31. The van der Waals surface area contributed by atoms with E-state index in [9.17, 15) is 18.0 Å². The van der Waals surface area contributed by atoms with Gasteiger partial charge in [-0.05, 0) is 52.3 Å². The van der Waals surface area contributed by atoms with Crippen molar-refractivity contribution in [1.29, 1.82) is 0 Å². The lowest BCUT2D eigenvalue weighted by molar-refractivity contribution is 0.0696. The van der Waals surface area contributed by atoms with Crippen molar-refractivity contribution in [3.63, 3.8) is 0 Å². The normalized spacial score (nSPS) is 11.4. The zero-order chi connectivity index (χ0) is 20.2. The number of hydrogen-bond donors (Lipinski definition) is 2. The van der Waals surface area contributed by atoms with E-state index in [0.29, 0.717) is 23.2 Å². The number of rotatable bonds is 7. The summed E-state index contributed by atoms with van der Waals surface area (Å²) < 4.78 is 27.2. The van der Waals surface area contributed by atoms with E-state index < -0.39 is 21.9 Å². The number of carbonyl (C=O) groups excluding carboxylic acids is 1. The van der Waals surface area contributed by atoms with Gasteiger partial charge in [-0.25, -0.2) is 13.2 Å². The average molecular weight is 455 g/mol. The zero-order valence-corrected chi connectivity index (χ0v) is 17.2. The molecule has 0 aromatic heterocycles. The monoisotopic (exact) mass is 454 g/mol. The maximum Gasteiger partial charge on any atom is 0.335 e. The Morgan fingerprint density at radius 1 is 1.07 bits per heavy atom. The van der Waals surface area contributed by atoms with E-state index in [1.165, 1.54) is 40.7 Å². The molecular weight excluding hydrogens is 436 g/mol. The molecule has 7 nitrogen and oxygen atoms in total. The van der Waals surface area contributed by atoms with E-state index in [0.717, 1.165) is 0 Å². The van der Waals surface area contributed by atoms with E-state index >= 15 is 0 Å². The van der Waals surface area contributed by atoms with Crippen molar-refractivity contribution < 1.29 is 23.1 Å². The van der Waals surface area contributed by atoms with Crippen LogP contribution in [0.1, 0.15) is 34.6 Å². The highest BCUT2D eigenvalue weighted by molar-refractivity contribution is 9.10. The SMILES string of the molecule is CCN(CC)S(=O)(=O)c1cc(C(=O)Nc2cccc(C(=O)O)c2)ccc1Br. The van der Waals surface area contributed by atoms with Crippen molar-refractivity contribution in [3.8, 4) is 0 Å². The van der Waals surface area contributed by atoms with Crippen LogP contribution in [-0.2, 0) is 10.0 Å². The number of anilines is 1. The minimum Gasteiger partial charge on any atom is -0.478 e. The second-order valence-corrected chi connectivity index (χ2v) is 8.34. The topological polar surface area (TPSA) is 104 Å². The van der Waals surface area contributed by atoms with Crippen LogP contribution in [0.3, 0.4) is 0 Å². The minimum absolute atomic E-state index is 0.00173. The van der Waals surface area contributed by atoms with E-state index in [2.05, 4.69) is 21.2 Å². The highest BCUT2D eigenvalue weighted by atomic mass is 79.9. The molecular formula is C18H19BrN2O5S. The molecule has 144 valence electrons. The lowest BCUT2D eigenvalue weighted by Gasteiger charge is -2.19. The van der Waals surface area contributed by atoms with Gasteiger partial charge < -0.3 is 10.4 Å². The van der Waals surface area contributed by atoms with Crippen molar-refractivity contribution in [2.45, 2.75) is 18.7 Å². The van der Waals surface area contributed by atoms with Crippen molar-refractivity contribution in [2.24, 2.45) is 0 Å². The van der Waals surface area contributed by atoms with Gasteiger partial charge in [-0.1, -0.05) is 19.9 Å². The number of benzene rings is 2. The molecule has 0 saturated heterocycles. The number of carboxylic acid groups (broad SMARTS) is 1. The number of amides is 1. The molecule has 0 bridgehead atoms. The maximum absolute atomic E-state index is 12.8. The summed E-state index contributed by atoms with van der Waals surface area (Å²) in [7, 11) is -3.75. The van der Waals surface area contributed by atoms with Gasteiger partial charge in [0.05, 0.1) is 10.5 Å². The molecule has 2 N–H and O–H groups in total. The van der Waals surface area contributed by atoms with Crippen molar-refractivity contribution in [3.05, 3.63) is 58.1 Å². The van der Waals surface area contributed by atoms with Gasteiger partial charge in [0, 0.05) is 28.8 Å². The van der Waals surface area contributed by atoms with Crippen LogP contribution in [-0.4, -0.2) is 42.8 Å². The molecule has 0 heterocycles. The summed E-state index contributed by atoms with van der Waals surface area (Å²) in [5.74, 6) is -1.65. The lowest BCUT2D eigenvalue weighted by atomic mass is 10.1. The summed E-state index contributed by atoms with van der Waals surface area (Å²) in [5.41, 5.74) is 0.481. The highest BCUT2D eigenvalue weighted by Crippen LogP contribution is 2.26. The fraction of sp³-hybridized carbons (Fsp3) is 0.222. The molecule has 27 heavy (non-hydrogen) atoms.